The minimum Gasteiger partial charge on any atom is -0.462 e. The molecule has 0 aromatic heterocycles. The van der Waals surface area contributed by atoms with Crippen LogP contribution in [0.4, 0.5) is 0 Å². The predicted molar refractivity (Wildman–Crippen MR) is 53.4 cm³/mol. The molecule has 0 spiro atoms. The van der Waals surface area contributed by atoms with Crippen molar-refractivity contribution in [3.05, 3.63) is 0 Å². The molecule has 0 aliphatic rings. The van der Waals surface area contributed by atoms with Crippen molar-refractivity contribution in [1.82, 2.24) is 0 Å². The van der Waals surface area contributed by atoms with E-state index < -0.39 is 0 Å². The number of thioether (sulfide) groups is 1. The zero-order valence-corrected chi connectivity index (χ0v) is 8.70. The largest absolute Gasteiger partial charge is 0.462 e. The molecule has 0 bridgehead atoms. The van der Waals surface area contributed by atoms with E-state index in [0.717, 1.165) is 0 Å². The number of esters is 1. The van der Waals surface area contributed by atoms with Crippen molar-refractivity contribution in [2.24, 2.45) is 0 Å². The van der Waals surface area contributed by atoms with E-state index >= 15 is 0 Å². The first-order valence-corrected chi connectivity index (χ1v) is 4.81. The summed E-state index contributed by atoms with van der Waals surface area (Å²) in [6, 6.07) is 0. The summed E-state index contributed by atoms with van der Waals surface area (Å²) in [4.78, 5) is 11.0. The van der Waals surface area contributed by atoms with Gasteiger partial charge in [-0.05, 0) is 13.8 Å². The Morgan fingerprint density at radius 3 is 2.75 bits per heavy atom. The molecule has 0 aromatic rings. The van der Waals surface area contributed by atoms with Crippen LogP contribution in [0.25, 0.3) is 0 Å². The lowest BCUT2D eigenvalue weighted by Crippen LogP contribution is -2.19. The van der Waals surface area contributed by atoms with Gasteiger partial charge in [0.15, 0.2) is 0 Å². The van der Waals surface area contributed by atoms with Crippen LogP contribution < -0.4 is 0 Å². The number of hydrogen-bond donors (Lipinski definition) is 1. The Morgan fingerprint density at radius 1 is 1.75 bits per heavy atom. The van der Waals surface area contributed by atoms with E-state index in [4.69, 9.17) is 17.3 Å². The van der Waals surface area contributed by atoms with E-state index in [1.807, 2.05) is 0 Å². The summed E-state index contributed by atoms with van der Waals surface area (Å²) >= 11 is 6.10. The molecule has 1 atom stereocenters. The lowest BCUT2D eigenvalue weighted by Gasteiger charge is -2.08. The second-order valence-corrected chi connectivity index (χ2v) is 4.57. The maximum absolute atomic E-state index is 11.0. The zero-order chi connectivity index (χ0) is 9.56. The van der Waals surface area contributed by atoms with Gasteiger partial charge >= 0.3 is 5.97 Å². The molecule has 0 heterocycles. The highest BCUT2D eigenvalue weighted by Crippen LogP contribution is 2.13. The molecule has 0 amide bonds. The Bertz CT molecular complexity index is 170. The van der Waals surface area contributed by atoms with E-state index in [9.17, 15) is 4.79 Å². The SMILES string of the molecule is CC(=S)SC(C)C(=O)OCCO. The molecular formula is C7H12O3S2. The lowest BCUT2D eigenvalue weighted by molar-refractivity contribution is -0.143. The molecule has 70 valence electrons. The second-order valence-electron chi connectivity index (χ2n) is 2.14. The van der Waals surface area contributed by atoms with Gasteiger partial charge in [-0.15, -0.1) is 11.8 Å². The highest BCUT2D eigenvalue weighted by Gasteiger charge is 2.14. The van der Waals surface area contributed by atoms with Gasteiger partial charge in [0.05, 0.1) is 6.61 Å². The Kier molecular flexibility index (Phi) is 6.32. The van der Waals surface area contributed by atoms with Crippen molar-refractivity contribution in [1.29, 1.82) is 0 Å². The molecule has 0 rings (SSSR count). The molecule has 0 aromatic carbocycles. The first-order chi connectivity index (χ1) is 5.57. The number of aliphatic hydroxyl groups excluding tert-OH is 1. The van der Waals surface area contributed by atoms with Gasteiger partial charge in [0.25, 0.3) is 0 Å². The molecule has 0 fully saturated rings. The van der Waals surface area contributed by atoms with E-state index in [-0.39, 0.29) is 24.4 Å². The van der Waals surface area contributed by atoms with Gasteiger partial charge in [-0.3, -0.25) is 4.79 Å². The fourth-order valence-electron chi connectivity index (χ4n) is 0.561. The third kappa shape index (κ3) is 5.51. The predicted octanol–water partition coefficient (Wildman–Crippen LogP) is 0.991. The van der Waals surface area contributed by atoms with Crippen LogP contribution in [0.15, 0.2) is 0 Å². The van der Waals surface area contributed by atoms with E-state index in [2.05, 4.69) is 4.74 Å². The van der Waals surface area contributed by atoms with E-state index in [1.165, 1.54) is 11.8 Å². The average Bonchev–Trinajstić information content (AvgIpc) is 1.98. The number of carbonyl (C=O) groups is 1. The van der Waals surface area contributed by atoms with Crippen LogP contribution in [-0.2, 0) is 9.53 Å². The fraction of sp³-hybridized carbons (Fsp3) is 0.714. The second kappa shape index (κ2) is 6.39. The normalized spacial score (nSPS) is 12.2. The molecule has 0 radical (unpaired) electrons. The maximum atomic E-state index is 11.0. The summed E-state index contributed by atoms with van der Waals surface area (Å²) in [7, 11) is 0. The van der Waals surface area contributed by atoms with Crippen molar-refractivity contribution >= 4 is 34.1 Å². The fourth-order valence-corrected chi connectivity index (χ4v) is 1.66. The minimum atomic E-state index is -0.335. The van der Waals surface area contributed by atoms with Crippen molar-refractivity contribution in [3.63, 3.8) is 0 Å². The maximum Gasteiger partial charge on any atom is 0.319 e. The lowest BCUT2D eigenvalue weighted by atomic mass is 10.5. The highest BCUT2D eigenvalue weighted by atomic mass is 32.2. The van der Waals surface area contributed by atoms with Crippen LogP contribution in [0.2, 0.25) is 0 Å². The van der Waals surface area contributed by atoms with E-state index in [1.54, 1.807) is 13.8 Å². The average molecular weight is 208 g/mol. The topological polar surface area (TPSA) is 46.5 Å². The quantitative estimate of drug-likeness (QED) is 0.551. The first kappa shape index (κ1) is 11.9. The first-order valence-electron chi connectivity index (χ1n) is 3.52. The molecule has 5 heteroatoms. The summed E-state index contributed by atoms with van der Waals surface area (Å²) in [5.74, 6) is -0.335. The highest BCUT2D eigenvalue weighted by molar-refractivity contribution is 8.23. The standard InChI is InChI=1S/C7H12O3S2/c1-5(12-6(2)11)7(9)10-4-3-8/h5,8H,3-4H2,1-2H3. The third-order valence-corrected chi connectivity index (χ3v) is 2.18. The Morgan fingerprint density at radius 2 is 2.33 bits per heavy atom. The number of hydrogen-bond acceptors (Lipinski definition) is 5. The van der Waals surface area contributed by atoms with Gasteiger partial charge in [0.2, 0.25) is 0 Å². The van der Waals surface area contributed by atoms with Gasteiger partial charge in [0.1, 0.15) is 11.9 Å². The van der Waals surface area contributed by atoms with Gasteiger partial charge in [-0.2, -0.15) is 0 Å². The molecule has 0 saturated heterocycles. The van der Waals surface area contributed by atoms with Crippen molar-refractivity contribution in [2.45, 2.75) is 19.1 Å². The summed E-state index contributed by atoms with van der Waals surface area (Å²) < 4.78 is 5.40. The van der Waals surface area contributed by atoms with Crippen LogP contribution in [0.3, 0.4) is 0 Å². The summed E-state index contributed by atoms with van der Waals surface area (Å²) in [5.41, 5.74) is 0. The minimum absolute atomic E-state index is 0.0558. The van der Waals surface area contributed by atoms with Gasteiger partial charge < -0.3 is 9.84 Å². The van der Waals surface area contributed by atoms with Crippen LogP contribution in [-0.4, -0.2) is 33.7 Å². The van der Waals surface area contributed by atoms with Gasteiger partial charge in [-0.1, -0.05) is 12.2 Å². The van der Waals surface area contributed by atoms with Gasteiger partial charge in [-0.25, -0.2) is 0 Å². The summed E-state index contributed by atoms with van der Waals surface area (Å²) in [6.07, 6.45) is 0. The van der Waals surface area contributed by atoms with Crippen molar-refractivity contribution in [3.8, 4) is 0 Å². The zero-order valence-electron chi connectivity index (χ0n) is 7.07. The summed E-state index contributed by atoms with van der Waals surface area (Å²) in [6.45, 7) is 3.40. The Balaban J connectivity index is 3.69. The molecule has 3 nitrogen and oxygen atoms in total. The molecule has 0 saturated carbocycles. The Labute approximate surface area is 81.5 Å². The van der Waals surface area contributed by atoms with Crippen molar-refractivity contribution < 1.29 is 14.6 Å². The van der Waals surface area contributed by atoms with Crippen LogP contribution in [0.1, 0.15) is 13.8 Å². The monoisotopic (exact) mass is 208 g/mol. The van der Waals surface area contributed by atoms with Crippen LogP contribution in [0, 0.1) is 0 Å². The number of aliphatic hydroxyl groups is 1. The Hall–Kier alpha value is -0.130. The molecule has 0 aliphatic carbocycles. The molecular weight excluding hydrogens is 196 g/mol. The van der Waals surface area contributed by atoms with E-state index in [0.29, 0.717) is 4.20 Å². The number of rotatable bonds is 4. The van der Waals surface area contributed by atoms with Crippen LogP contribution in [0.5, 0.6) is 0 Å². The molecule has 1 N–H and O–H groups in total. The summed E-state index contributed by atoms with van der Waals surface area (Å²) in [5, 5.41) is 8.09. The van der Waals surface area contributed by atoms with Gasteiger partial charge in [0, 0.05) is 4.20 Å². The van der Waals surface area contributed by atoms with Crippen LogP contribution >= 0.6 is 24.0 Å². The molecule has 12 heavy (non-hydrogen) atoms. The molecule has 0 aliphatic heterocycles. The smallest absolute Gasteiger partial charge is 0.319 e. The number of ether oxygens (including phenoxy) is 1. The number of carbonyl (C=O) groups excluding carboxylic acids is 1. The van der Waals surface area contributed by atoms with Crippen molar-refractivity contribution in [2.75, 3.05) is 13.2 Å². The number of thiocarbonyl (C=S) groups is 1. The third-order valence-electron chi connectivity index (χ3n) is 1.01. The molecule has 1 unspecified atom stereocenters.